The summed E-state index contributed by atoms with van der Waals surface area (Å²) in [5.41, 5.74) is 3.65. The van der Waals surface area contributed by atoms with Crippen molar-refractivity contribution in [2.45, 2.75) is 44.6 Å². The number of nitrogens with one attached hydrogen (secondary N) is 1. The number of nitrogens with zero attached hydrogens (tertiary/aromatic N) is 1. The van der Waals surface area contributed by atoms with Crippen molar-refractivity contribution in [3.8, 4) is 11.1 Å². The highest BCUT2D eigenvalue weighted by Crippen LogP contribution is 2.51. The van der Waals surface area contributed by atoms with Crippen molar-refractivity contribution in [2.24, 2.45) is 17.8 Å². The van der Waals surface area contributed by atoms with Gasteiger partial charge in [0.15, 0.2) is 0 Å². The summed E-state index contributed by atoms with van der Waals surface area (Å²) in [5.74, 6) is -0.716. The van der Waals surface area contributed by atoms with Gasteiger partial charge in [-0.3, -0.25) is 4.79 Å². The number of amides is 2. The normalized spacial score (nSPS) is 22.8. The first-order valence-corrected chi connectivity index (χ1v) is 12.4. The van der Waals surface area contributed by atoms with Crippen LogP contribution in [0.4, 0.5) is 4.79 Å². The van der Waals surface area contributed by atoms with E-state index < -0.39 is 17.6 Å². The lowest BCUT2D eigenvalue weighted by Crippen LogP contribution is -2.55. The molecule has 7 nitrogen and oxygen atoms in total. The van der Waals surface area contributed by atoms with Crippen molar-refractivity contribution in [3.63, 3.8) is 0 Å². The van der Waals surface area contributed by atoms with Crippen LogP contribution in [0.1, 0.15) is 50.2 Å². The highest BCUT2D eigenvalue weighted by atomic mass is 16.5. The van der Waals surface area contributed by atoms with Crippen LogP contribution in [0.25, 0.3) is 11.1 Å². The fraction of sp³-hybridized carbons (Fsp3) is 0.464. The lowest BCUT2D eigenvalue weighted by atomic mass is 9.73. The molecule has 6 rings (SSSR count). The average Bonchev–Trinajstić information content (AvgIpc) is 3.49. The van der Waals surface area contributed by atoms with E-state index in [9.17, 15) is 19.5 Å². The van der Waals surface area contributed by atoms with Crippen LogP contribution in [0.2, 0.25) is 0 Å². The molecule has 4 aliphatic rings. The SMILES string of the molecule is CC(C)C(CNC(=O)OCC1c2ccccc2-c2ccccc21)CC(=O)N1CC2CC1(C(=O)O)C2. The van der Waals surface area contributed by atoms with Crippen LogP contribution in [-0.4, -0.2) is 53.2 Å². The minimum atomic E-state index is -1.01. The van der Waals surface area contributed by atoms with Crippen molar-refractivity contribution in [1.29, 1.82) is 0 Å². The number of hydrogen-bond acceptors (Lipinski definition) is 4. The van der Waals surface area contributed by atoms with Crippen molar-refractivity contribution < 1.29 is 24.2 Å². The molecule has 0 radical (unpaired) electrons. The minimum absolute atomic E-state index is 0.00974. The number of fused-ring (bicyclic) bond motifs is 4. The average molecular weight is 477 g/mol. The van der Waals surface area contributed by atoms with Crippen molar-refractivity contribution >= 4 is 18.0 Å². The number of carboxylic acid groups (broad SMARTS) is 1. The highest BCUT2D eigenvalue weighted by molar-refractivity contribution is 5.89. The van der Waals surface area contributed by atoms with E-state index >= 15 is 0 Å². The molecule has 35 heavy (non-hydrogen) atoms. The molecular weight excluding hydrogens is 444 g/mol. The Hall–Kier alpha value is -3.35. The van der Waals surface area contributed by atoms with Crippen LogP contribution in [0.5, 0.6) is 0 Å². The van der Waals surface area contributed by atoms with Gasteiger partial charge in [-0.2, -0.15) is 0 Å². The molecular formula is C28H32N2O5. The van der Waals surface area contributed by atoms with Gasteiger partial charge < -0.3 is 20.1 Å². The number of carbonyl (C=O) groups is 3. The van der Waals surface area contributed by atoms with Gasteiger partial charge in [0, 0.05) is 25.4 Å². The third-order valence-electron chi connectivity index (χ3n) is 8.14. The predicted octanol–water partition coefficient (Wildman–Crippen LogP) is 4.26. The number of benzene rings is 2. The van der Waals surface area contributed by atoms with Gasteiger partial charge in [-0.25, -0.2) is 9.59 Å². The van der Waals surface area contributed by atoms with E-state index in [2.05, 4.69) is 29.6 Å². The van der Waals surface area contributed by atoms with Gasteiger partial charge in [0.05, 0.1) is 0 Å². The molecule has 3 fully saturated rings. The molecule has 2 saturated heterocycles. The van der Waals surface area contributed by atoms with Crippen LogP contribution in [-0.2, 0) is 14.3 Å². The molecule has 2 N–H and O–H groups in total. The third kappa shape index (κ3) is 4.07. The number of hydrogen-bond donors (Lipinski definition) is 2. The maximum atomic E-state index is 13.0. The molecule has 2 aliphatic carbocycles. The van der Waals surface area contributed by atoms with Gasteiger partial charge in [0.1, 0.15) is 12.1 Å². The smallest absolute Gasteiger partial charge is 0.407 e. The molecule has 2 bridgehead atoms. The van der Waals surface area contributed by atoms with E-state index in [1.54, 1.807) is 4.90 Å². The molecule has 7 heteroatoms. The van der Waals surface area contributed by atoms with Gasteiger partial charge in [-0.1, -0.05) is 62.4 Å². The number of rotatable bonds is 8. The lowest BCUT2D eigenvalue weighted by molar-refractivity contribution is -0.158. The molecule has 1 unspecified atom stereocenters. The molecule has 2 heterocycles. The van der Waals surface area contributed by atoms with Crippen molar-refractivity contribution in [1.82, 2.24) is 10.2 Å². The van der Waals surface area contributed by atoms with Crippen LogP contribution >= 0.6 is 0 Å². The Balaban J connectivity index is 1.17. The Morgan fingerprint density at radius 1 is 1.06 bits per heavy atom. The number of ether oxygens (including phenoxy) is 1. The van der Waals surface area contributed by atoms with E-state index in [1.165, 1.54) is 11.1 Å². The summed E-state index contributed by atoms with van der Waals surface area (Å²) >= 11 is 0. The highest BCUT2D eigenvalue weighted by Gasteiger charge is 2.62. The number of carbonyl (C=O) groups excluding carboxylic acids is 2. The van der Waals surface area contributed by atoms with Gasteiger partial charge >= 0.3 is 12.1 Å². The minimum Gasteiger partial charge on any atom is -0.479 e. The molecule has 0 aromatic heterocycles. The van der Waals surface area contributed by atoms with Crippen LogP contribution in [0.15, 0.2) is 48.5 Å². The summed E-state index contributed by atoms with van der Waals surface area (Å²) in [6.45, 7) is 5.08. The lowest BCUT2D eigenvalue weighted by Gasteiger charge is -2.38. The van der Waals surface area contributed by atoms with Crippen LogP contribution in [0.3, 0.4) is 0 Å². The van der Waals surface area contributed by atoms with Crippen molar-refractivity contribution in [2.75, 3.05) is 19.7 Å². The first-order chi connectivity index (χ1) is 16.8. The Morgan fingerprint density at radius 3 is 2.23 bits per heavy atom. The van der Waals surface area contributed by atoms with Crippen LogP contribution < -0.4 is 5.32 Å². The van der Waals surface area contributed by atoms with E-state index in [4.69, 9.17) is 4.74 Å². The molecule has 0 spiro atoms. The summed E-state index contributed by atoms with van der Waals surface area (Å²) in [6.07, 6.45) is 0.815. The van der Waals surface area contributed by atoms with Crippen molar-refractivity contribution in [3.05, 3.63) is 59.7 Å². The summed E-state index contributed by atoms with van der Waals surface area (Å²) in [6, 6.07) is 16.4. The molecule has 2 aliphatic heterocycles. The summed E-state index contributed by atoms with van der Waals surface area (Å²) < 4.78 is 5.62. The third-order valence-corrected chi connectivity index (χ3v) is 8.14. The molecule has 184 valence electrons. The second kappa shape index (κ2) is 9.02. The molecule has 1 atom stereocenters. The zero-order valence-corrected chi connectivity index (χ0v) is 20.2. The molecule has 2 aromatic rings. The number of carboxylic acids is 1. The number of alkyl carbamates (subject to hydrolysis) is 1. The maximum absolute atomic E-state index is 13.0. The van der Waals surface area contributed by atoms with E-state index in [0.29, 0.717) is 31.8 Å². The fourth-order valence-corrected chi connectivity index (χ4v) is 6.05. The summed E-state index contributed by atoms with van der Waals surface area (Å²) in [4.78, 5) is 38.9. The Bertz CT molecular complexity index is 1110. The van der Waals surface area contributed by atoms with Crippen LogP contribution in [0, 0.1) is 17.8 Å². The topological polar surface area (TPSA) is 95.9 Å². The van der Waals surface area contributed by atoms with Gasteiger partial charge in [-0.05, 0) is 52.8 Å². The number of aliphatic carboxylic acids is 1. The van der Waals surface area contributed by atoms with E-state index in [1.807, 2.05) is 38.1 Å². The quantitative estimate of drug-likeness (QED) is 0.593. The van der Waals surface area contributed by atoms with Gasteiger partial charge in [0.2, 0.25) is 5.91 Å². The van der Waals surface area contributed by atoms with E-state index in [0.717, 1.165) is 11.1 Å². The zero-order chi connectivity index (χ0) is 24.7. The molecule has 1 saturated carbocycles. The van der Waals surface area contributed by atoms with Gasteiger partial charge in [0.25, 0.3) is 0 Å². The Labute approximate surface area is 205 Å². The second-order valence-corrected chi connectivity index (χ2v) is 10.5. The summed E-state index contributed by atoms with van der Waals surface area (Å²) in [5, 5.41) is 12.5. The predicted molar refractivity (Wildman–Crippen MR) is 131 cm³/mol. The molecule has 2 amide bonds. The fourth-order valence-electron chi connectivity index (χ4n) is 6.05. The maximum Gasteiger partial charge on any atom is 0.407 e. The zero-order valence-electron chi connectivity index (χ0n) is 20.2. The first-order valence-electron chi connectivity index (χ1n) is 12.4. The Kier molecular flexibility index (Phi) is 6.03. The monoisotopic (exact) mass is 476 g/mol. The standard InChI is InChI=1S/C28H32N2O5/c1-17(2)19(11-25(31)30-15-18-12-28(30,13-18)26(32)33)14-29-27(34)35-16-24-22-9-5-3-7-20(22)21-8-4-6-10-23(21)24/h3-10,17-19,24H,11-16H2,1-2H3,(H,29,34)(H,32,33). The first kappa shape index (κ1) is 23.4. The Morgan fingerprint density at radius 2 is 1.66 bits per heavy atom. The largest absolute Gasteiger partial charge is 0.479 e. The van der Waals surface area contributed by atoms with Gasteiger partial charge in [-0.15, -0.1) is 0 Å². The van der Waals surface area contributed by atoms with E-state index in [-0.39, 0.29) is 36.7 Å². The second-order valence-electron chi connectivity index (χ2n) is 10.5. The molecule has 2 aromatic carbocycles. The summed E-state index contributed by atoms with van der Waals surface area (Å²) in [7, 11) is 0.